The molecule has 0 aliphatic heterocycles. The van der Waals surface area contributed by atoms with E-state index in [1.54, 1.807) is 42.6 Å². The second-order valence-corrected chi connectivity index (χ2v) is 6.63. The van der Waals surface area contributed by atoms with Crippen LogP contribution in [0.5, 0.6) is 11.5 Å². The zero-order chi connectivity index (χ0) is 22.3. The van der Waals surface area contributed by atoms with Crippen LogP contribution in [0.25, 0.3) is 10.9 Å². The van der Waals surface area contributed by atoms with E-state index in [-0.39, 0.29) is 11.4 Å². The van der Waals surface area contributed by atoms with E-state index in [1.165, 1.54) is 19.5 Å². The first-order chi connectivity index (χ1) is 15.6. The molecular formula is C24H18N4O4. The highest BCUT2D eigenvalue weighted by Gasteiger charge is 2.13. The number of esters is 1. The molecule has 0 spiro atoms. The van der Waals surface area contributed by atoms with Crippen molar-refractivity contribution in [3.63, 3.8) is 0 Å². The van der Waals surface area contributed by atoms with Crippen molar-refractivity contribution in [1.29, 1.82) is 0 Å². The summed E-state index contributed by atoms with van der Waals surface area (Å²) >= 11 is 0. The summed E-state index contributed by atoms with van der Waals surface area (Å²) in [6.07, 6.45) is 4.44. The van der Waals surface area contributed by atoms with Crippen LogP contribution in [-0.2, 0) is 0 Å². The van der Waals surface area contributed by atoms with Gasteiger partial charge in [-0.05, 0) is 48.0 Å². The number of hydrazone groups is 1. The molecule has 0 aliphatic rings. The summed E-state index contributed by atoms with van der Waals surface area (Å²) in [5.74, 6) is -0.384. The number of benzene rings is 2. The van der Waals surface area contributed by atoms with Crippen molar-refractivity contribution in [1.82, 2.24) is 15.4 Å². The number of carbonyl (C=O) groups excluding carboxylic acids is 2. The molecule has 2 aromatic heterocycles. The summed E-state index contributed by atoms with van der Waals surface area (Å²) in [6.45, 7) is 0. The number of hydrogen-bond acceptors (Lipinski definition) is 7. The van der Waals surface area contributed by atoms with Crippen molar-refractivity contribution in [3.05, 3.63) is 95.9 Å². The number of aromatic nitrogens is 2. The van der Waals surface area contributed by atoms with Crippen molar-refractivity contribution in [2.45, 2.75) is 0 Å². The third kappa shape index (κ3) is 4.76. The zero-order valence-corrected chi connectivity index (χ0v) is 17.1. The minimum atomic E-state index is -0.548. The van der Waals surface area contributed by atoms with Gasteiger partial charge in [-0.15, -0.1) is 0 Å². The van der Waals surface area contributed by atoms with E-state index in [0.29, 0.717) is 16.9 Å². The van der Waals surface area contributed by atoms with Gasteiger partial charge in [0.1, 0.15) is 5.69 Å². The van der Waals surface area contributed by atoms with Crippen molar-refractivity contribution >= 4 is 29.0 Å². The molecule has 0 saturated heterocycles. The lowest BCUT2D eigenvalue weighted by Crippen LogP contribution is -2.18. The third-order valence-electron chi connectivity index (χ3n) is 4.50. The molecule has 8 heteroatoms. The Labute approximate surface area is 183 Å². The molecule has 1 amide bonds. The fourth-order valence-electron chi connectivity index (χ4n) is 2.91. The number of para-hydroxylation sites is 1. The molecule has 0 bridgehead atoms. The fourth-order valence-corrected chi connectivity index (χ4v) is 2.91. The first kappa shape index (κ1) is 20.7. The quantitative estimate of drug-likeness (QED) is 0.219. The van der Waals surface area contributed by atoms with Crippen LogP contribution in [0.4, 0.5) is 0 Å². The van der Waals surface area contributed by atoms with Gasteiger partial charge < -0.3 is 9.47 Å². The molecule has 32 heavy (non-hydrogen) atoms. The number of fused-ring (bicyclic) bond motifs is 1. The van der Waals surface area contributed by atoms with Crippen LogP contribution in [0.3, 0.4) is 0 Å². The van der Waals surface area contributed by atoms with E-state index in [9.17, 15) is 9.59 Å². The molecule has 0 fully saturated rings. The number of hydrogen-bond donors (Lipinski definition) is 1. The van der Waals surface area contributed by atoms with Gasteiger partial charge in [-0.1, -0.05) is 24.3 Å². The molecule has 2 heterocycles. The number of nitrogens with one attached hydrogen (secondary N) is 1. The van der Waals surface area contributed by atoms with Gasteiger partial charge in [0, 0.05) is 17.8 Å². The van der Waals surface area contributed by atoms with Crippen LogP contribution in [0.15, 0.2) is 84.2 Å². The Bertz CT molecular complexity index is 1310. The predicted molar refractivity (Wildman–Crippen MR) is 119 cm³/mol. The SMILES string of the molecule is COc1cc(/C=N/NC(=O)c2ccc3ccccc3n2)ccc1OC(=O)c1cccnc1. The highest BCUT2D eigenvalue weighted by Crippen LogP contribution is 2.28. The van der Waals surface area contributed by atoms with E-state index < -0.39 is 11.9 Å². The third-order valence-corrected chi connectivity index (χ3v) is 4.50. The molecule has 0 atom stereocenters. The van der Waals surface area contributed by atoms with E-state index in [4.69, 9.17) is 9.47 Å². The minimum Gasteiger partial charge on any atom is -0.493 e. The van der Waals surface area contributed by atoms with Gasteiger partial charge in [0.15, 0.2) is 11.5 Å². The Morgan fingerprint density at radius 2 is 1.88 bits per heavy atom. The lowest BCUT2D eigenvalue weighted by molar-refractivity contribution is 0.0729. The number of amides is 1. The molecule has 158 valence electrons. The normalized spacial score (nSPS) is 10.8. The Balaban J connectivity index is 1.43. The average Bonchev–Trinajstić information content (AvgIpc) is 2.85. The van der Waals surface area contributed by atoms with Gasteiger partial charge in [0.2, 0.25) is 0 Å². The Morgan fingerprint density at radius 1 is 1.00 bits per heavy atom. The second kappa shape index (κ2) is 9.48. The van der Waals surface area contributed by atoms with Crippen LogP contribution in [-0.4, -0.2) is 35.2 Å². The monoisotopic (exact) mass is 426 g/mol. The van der Waals surface area contributed by atoms with Crippen molar-refractivity contribution < 1.29 is 19.1 Å². The highest BCUT2D eigenvalue weighted by molar-refractivity contribution is 5.95. The van der Waals surface area contributed by atoms with Crippen LogP contribution in [0.2, 0.25) is 0 Å². The molecule has 8 nitrogen and oxygen atoms in total. The smallest absolute Gasteiger partial charge is 0.345 e. The molecule has 2 aromatic carbocycles. The first-order valence-corrected chi connectivity index (χ1v) is 9.63. The van der Waals surface area contributed by atoms with E-state index in [2.05, 4.69) is 20.5 Å². The average molecular weight is 426 g/mol. The number of rotatable bonds is 6. The van der Waals surface area contributed by atoms with Crippen molar-refractivity contribution in [2.75, 3.05) is 7.11 Å². The zero-order valence-electron chi connectivity index (χ0n) is 17.1. The number of methoxy groups -OCH3 is 1. The molecule has 4 aromatic rings. The van der Waals surface area contributed by atoms with E-state index >= 15 is 0 Å². The van der Waals surface area contributed by atoms with E-state index in [1.807, 2.05) is 30.3 Å². The first-order valence-electron chi connectivity index (χ1n) is 9.63. The number of pyridine rings is 2. The lowest BCUT2D eigenvalue weighted by atomic mass is 10.2. The standard InChI is InChI=1S/C24H18N4O4/c1-31-22-13-16(8-11-21(22)32-24(30)18-6-4-12-25-15-18)14-26-28-23(29)20-10-9-17-5-2-3-7-19(17)27-20/h2-15H,1H3,(H,28,29)/b26-14+. The second-order valence-electron chi connectivity index (χ2n) is 6.63. The van der Waals surface area contributed by atoms with Crippen molar-refractivity contribution in [2.24, 2.45) is 5.10 Å². The summed E-state index contributed by atoms with van der Waals surface area (Å²) < 4.78 is 10.7. The number of carbonyl (C=O) groups is 2. The summed E-state index contributed by atoms with van der Waals surface area (Å²) in [5, 5.41) is 4.92. The van der Waals surface area contributed by atoms with Crippen LogP contribution >= 0.6 is 0 Å². The largest absolute Gasteiger partial charge is 0.493 e. The topological polar surface area (TPSA) is 103 Å². The molecule has 0 radical (unpaired) electrons. The van der Waals surface area contributed by atoms with Gasteiger partial charge in [-0.3, -0.25) is 9.78 Å². The Kier molecular flexibility index (Phi) is 6.12. The van der Waals surface area contributed by atoms with Gasteiger partial charge in [-0.25, -0.2) is 15.2 Å². The van der Waals surface area contributed by atoms with Crippen LogP contribution in [0, 0.1) is 0 Å². The molecule has 0 saturated carbocycles. The Morgan fingerprint density at radius 3 is 2.69 bits per heavy atom. The number of nitrogens with zero attached hydrogens (tertiary/aromatic N) is 3. The molecule has 0 unspecified atom stereocenters. The lowest BCUT2D eigenvalue weighted by Gasteiger charge is -2.09. The van der Waals surface area contributed by atoms with Gasteiger partial charge in [0.25, 0.3) is 5.91 Å². The number of ether oxygens (including phenoxy) is 2. The van der Waals surface area contributed by atoms with Crippen LogP contribution < -0.4 is 14.9 Å². The van der Waals surface area contributed by atoms with Gasteiger partial charge in [0.05, 0.1) is 24.4 Å². The molecule has 0 aliphatic carbocycles. The summed E-state index contributed by atoms with van der Waals surface area (Å²) in [6, 6.07) is 19.2. The highest BCUT2D eigenvalue weighted by atomic mass is 16.6. The maximum absolute atomic E-state index is 12.3. The maximum Gasteiger partial charge on any atom is 0.345 e. The van der Waals surface area contributed by atoms with Gasteiger partial charge >= 0.3 is 5.97 Å². The minimum absolute atomic E-state index is 0.253. The fraction of sp³-hybridized carbons (Fsp3) is 0.0417. The van der Waals surface area contributed by atoms with Crippen LogP contribution in [0.1, 0.15) is 26.4 Å². The van der Waals surface area contributed by atoms with E-state index in [0.717, 1.165) is 10.9 Å². The molecule has 1 N–H and O–H groups in total. The summed E-state index contributed by atoms with van der Waals surface area (Å²) in [4.78, 5) is 32.8. The maximum atomic E-state index is 12.3. The summed E-state index contributed by atoms with van der Waals surface area (Å²) in [5.41, 5.74) is 4.40. The van der Waals surface area contributed by atoms with Gasteiger partial charge in [-0.2, -0.15) is 5.10 Å². The predicted octanol–water partition coefficient (Wildman–Crippen LogP) is 3.62. The Hall–Kier alpha value is -4.59. The van der Waals surface area contributed by atoms with Crippen molar-refractivity contribution in [3.8, 4) is 11.5 Å². The summed E-state index contributed by atoms with van der Waals surface area (Å²) in [7, 11) is 1.46. The molecule has 4 rings (SSSR count). The molecular weight excluding hydrogens is 408 g/mol.